The van der Waals surface area contributed by atoms with Gasteiger partial charge >= 0.3 is 24.5 Å². The van der Waals surface area contributed by atoms with Gasteiger partial charge in [-0.15, -0.1) is 0 Å². The van der Waals surface area contributed by atoms with Gasteiger partial charge < -0.3 is 39.3 Å². The van der Waals surface area contributed by atoms with Gasteiger partial charge in [-0.05, 0) is 101 Å². The highest BCUT2D eigenvalue weighted by Crippen LogP contribution is 2.39. The topological polar surface area (TPSA) is 173 Å². The normalized spacial score (nSPS) is 17.9. The second-order valence-electron chi connectivity index (χ2n) is 18.3. The molecule has 1 N–H and O–H groups in total. The van der Waals surface area contributed by atoms with E-state index in [9.17, 15) is 55.1 Å². The van der Waals surface area contributed by atoms with Crippen LogP contribution in [0.3, 0.4) is 0 Å². The van der Waals surface area contributed by atoms with Crippen LogP contribution in [0.2, 0.25) is 0 Å². The highest BCUT2D eigenvalue weighted by Gasteiger charge is 2.62. The minimum absolute atomic E-state index is 0. The van der Waals surface area contributed by atoms with Gasteiger partial charge in [0.2, 0.25) is 17.7 Å². The zero-order chi connectivity index (χ0) is 48.8. The number of halogens is 6. The first kappa shape index (κ1) is 51.1. The first-order valence-corrected chi connectivity index (χ1v) is 20.5. The predicted molar refractivity (Wildman–Crippen MR) is 228 cm³/mol. The second kappa shape index (κ2) is 18.4. The van der Waals surface area contributed by atoms with Crippen molar-refractivity contribution in [2.45, 2.75) is 96.7 Å². The van der Waals surface area contributed by atoms with E-state index in [1.807, 2.05) is 6.07 Å². The Hall–Kier alpha value is -6.85. The third-order valence-corrected chi connectivity index (χ3v) is 11.1. The van der Waals surface area contributed by atoms with Crippen LogP contribution in [0.4, 0.5) is 41.6 Å². The number of nitrogens with one attached hydrogen (secondary N) is 1. The maximum Gasteiger partial charge on any atom is 0.416 e. The fourth-order valence-electron chi connectivity index (χ4n) is 7.74. The predicted octanol–water partition coefficient (Wildman–Crippen LogP) is 6.73. The van der Waals surface area contributed by atoms with Crippen molar-refractivity contribution in [1.29, 1.82) is 5.26 Å². The average molecular weight is 944 g/mol. The lowest BCUT2D eigenvalue weighted by molar-refractivity contribution is -0.166. The molecule has 0 saturated carbocycles. The molecule has 15 nitrogen and oxygen atoms in total. The molecule has 4 fully saturated rings. The molecule has 0 aromatic heterocycles. The molecule has 2 spiro atoms. The number of carbonyl (C=O) groups excluding carboxylic acids is 6. The lowest BCUT2D eigenvalue weighted by Crippen LogP contribution is -2.81. The van der Waals surface area contributed by atoms with Crippen molar-refractivity contribution in [2.24, 2.45) is 0 Å². The van der Waals surface area contributed by atoms with Crippen LogP contribution in [0, 0.1) is 11.3 Å². The third-order valence-electron chi connectivity index (χ3n) is 11.1. The molecule has 6 amide bonds. The molecule has 3 aromatic rings. The molecule has 0 atom stereocenters. The van der Waals surface area contributed by atoms with Crippen molar-refractivity contribution >= 4 is 41.5 Å². The van der Waals surface area contributed by atoms with Crippen LogP contribution in [0.25, 0.3) is 0 Å². The molecule has 4 aliphatic heterocycles. The number of rotatable bonds is 5. The van der Waals surface area contributed by atoms with Gasteiger partial charge in [0, 0.05) is 18.8 Å². The quantitative estimate of drug-likeness (QED) is 0.272. The number of piperazine rings is 2. The summed E-state index contributed by atoms with van der Waals surface area (Å²) in [4.78, 5) is 83.6. The van der Waals surface area contributed by atoms with Crippen molar-refractivity contribution in [3.8, 4) is 6.07 Å². The molecule has 67 heavy (non-hydrogen) atoms. The molecule has 0 bridgehead atoms. The van der Waals surface area contributed by atoms with Crippen LogP contribution >= 0.6 is 0 Å². The molecule has 4 saturated heterocycles. The van der Waals surface area contributed by atoms with Crippen LogP contribution in [0.15, 0.2) is 72.8 Å². The molecule has 0 unspecified atom stereocenters. The summed E-state index contributed by atoms with van der Waals surface area (Å²) in [6.07, 6.45) is -10.2. The summed E-state index contributed by atoms with van der Waals surface area (Å²) in [6.45, 7) is 9.31. The van der Waals surface area contributed by atoms with E-state index in [0.717, 1.165) is 24.3 Å². The lowest BCUT2D eigenvalue weighted by Gasteiger charge is -2.57. The minimum atomic E-state index is -4.50. The van der Waals surface area contributed by atoms with E-state index in [1.54, 1.807) is 53.7 Å². The van der Waals surface area contributed by atoms with Crippen LogP contribution in [-0.4, -0.2) is 117 Å². The standard InChI is InChI=1S/C26H25F3N4O4.C19H22F3N3O4.CH4/c1-24(2,3)37-23(36)31-15-25(16-31)22(35)32(20-10-6-17(12-30)7-11-20)14-21(34)33(25)13-18-4-8-19(9-5-18)26(27,28)29;1-17(2,3)29-16(28)24-10-18(11-24)15(27)23-8-14(26)25(18)9-12-4-6-13(7-5-12)19(20,21)22;/h4-11H,13-16H2,1-3H3;4-7H,8-11H2,1-3H3,(H,23,27);1H4. The van der Waals surface area contributed by atoms with Crippen LogP contribution in [-0.2, 0) is 54.1 Å². The van der Waals surface area contributed by atoms with Gasteiger partial charge in [-0.25, -0.2) is 9.59 Å². The van der Waals surface area contributed by atoms with Crippen molar-refractivity contribution < 1.29 is 64.6 Å². The fourth-order valence-corrected chi connectivity index (χ4v) is 7.74. The molecule has 21 heteroatoms. The summed E-state index contributed by atoms with van der Waals surface area (Å²) in [5.74, 6) is -1.62. The number of nitriles is 1. The van der Waals surface area contributed by atoms with Crippen LogP contribution < -0.4 is 10.2 Å². The van der Waals surface area contributed by atoms with E-state index in [-0.39, 0.29) is 65.7 Å². The number of carbonyl (C=O) groups is 6. The molecular formula is C46H51F6N7O8. The Balaban J connectivity index is 0.000000254. The number of nitrogens with zero attached hydrogens (tertiary/aromatic N) is 6. The molecule has 0 radical (unpaired) electrons. The zero-order valence-corrected chi connectivity index (χ0v) is 36.8. The highest BCUT2D eigenvalue weighted by molar-refractivity contribution is 6.10. The van der Waals surface area contributed by atoms with Gasteiger partial charge in [0.1, 0.15) is 17.7 Å². The van der Waals surface area contributed by atoms with Crippen LogP contribution in [0.5, 0.6) is 0 Å². The number of amides is 6. The summed E-state index contributed by atoms with van der Waals surface area (Å²) >= 11 is 0. The molecular weight excluding hydrogens is 893 g/mol. The molecule has 360 valence electrons. The Kier molecular flexibility index (Phi) is 14.1. The SMILES string of the molecule is C.CC(C)(C)OC(=O)N1CC2(C1)C(=O)N(c1ccc(C#N)cc1)CC(=O)N2Cc1ccc(C(F)(F)F)cc1.CC(C)(C)OC(=O)N1CC2(C1)C(=O)NCC(=O)N2Cc1ccc(C(F)(F)F)cc1. The molecule has 0 aliphatic carbocycles. The number of hydrogen-bond donors (Lipinski definition) is 1. The Morgan fingerprint density at radius 2 is 1.04 bits per heavy atom. The Bertz CT molecular complexity index is 2410. The maximum absolute atomic E-state index is 13.8. The molecule has 3 aromatic carbocycles. The first-order chi connectivity index (χ1) is 30.5. The fraction of sp³-hybridized carbons (Fsp3) is 0.457. The van der Waals surface area contributed by atoms with Gasteiger partial charge in [0.05, 0.1) is 55.5 Å². The summed E-state index contributed by atoms with van der Waals surface area (Å²) < 4.78 is 87.9. The summed E-state index contributed by atoms with van der Waals surface area (Å²) in [7, 11) is 0. The summed E-state index contributed by atoms with van der Waals surface area (Å²) in [5, 5.41) is 11.6. The minimum Gasteiger partial charge on any atom is -0.444 e. The number of anilines is 1. The van der Waals surface area contributed by atoms with Gasteiger partial charge in [-0.3, -0.25) is 19.2 Å². The highest BCUT2D eigenvalue weighted by atomic mass is 19.4. The van der Waals surface area contributed by atoms with Crippen molar-refractivity contribution in [3.63, 3.8) is 0 Å². The summed E-state index contributed by atoms with van der Waals surface area (Å²) in [5.41, 5.74) is -4.08. The van der Waals surface area contributed by atoms with E-state index in [4.69, 9.17) is 14.7 Å². The smallest absolute Gasteiger partial charge is 0.416 e. The zero-order valence-electron chi connectivity index (χ0n) is 36.8. The van der Waals surface area contributed by atoms with Gasteiger partial charge in [-0.2, -0.15) is 31.6 Å². The third kappa shape index (κ3) is 11.1. The van der Waals surface area contributed by atoms with Crippen LogP contribution in [0.1, 0.15) is 76.8 Å². The van der Waals surface area contributed by atoms with E-state index in [1.165, 1.54) is 60.9 Å². The Morgan fingerprint density at radius 3 is 1.43 bits per heavy atom. The molecule has 7 rings (SSSR count). The lowest BCUT2D eigenvalue weighted by atomic mass is 9.83. The monoisotopic (exact) mass is 943 g/mol. The molecule has 4 heterocycles. The van der Waals surface area contributed by atoms with E-state index >= 15 is 0 Å². The average Bonchev–Trinajstić information content (AvgIpc) is 3.18. The molecule has 4 aliphatic rings. The Labute approximate surface area is 383 Å². The van der Waals surface area contributed by atoms with Gasteiger partial charge in [0.25, 0.3) is 5.91 Å². The number of hydrogen-bond acceptors (Lipinski definition) is 9. The second-order valence-corrected chi connectivity index (χ2v) is 18.3. The number of benzene rings is 3. The van der Waals surface area contributed by atoms with Gasteiger partial charge in [-0.1, -0.05) is 31.7 Å². The number of ether oxygens (including phenoxy) is 2. The number of likely N-dealkylation sites (tertiary alicyclic amines) is 2. The van der Waals surface area contributed by atoms with E-state index in [0.29, 0.717) is 22.4 Å². The van der Waals surface area contributed by atoms with Crippen molar-refractivity contribution in [2.75, 3.05) is 44.2 Å². The van der Waals surface area contributed by atoms with E-state index in [2.05, 4.69) is 5.32 Å². The van der Waals surface area contributed by atoms with Gasteiger partial charge in [0.15, 0.2) is 11.1 Å². The van der Waals surface area contributed by atoms with Crippen molar-refractivity contribution in [3.05, 3.63) is 101 Å². The summed E-state index contributed by atoms with van der Waals surface area (Å²) in [6, 6.07) is 17.0. The first-order valence-electron chi connectivity index (χ1n) is 20.5. The largest absolute Gasteiger partial charge is 0.444 e. The maximum atomic E-state index is 13.8. The van der Waals surface area contributed by atoms with Crippen molar-refractivity contribution in [1.82, 2.24) is 24.9 Å². The number of alkyl halides is 6. The Morgan fingerprint density at radius 1 is 0.642 bits per heavy atom. The van der Waals surface area contributed by atoms with E-state index < -0.39 is 75.7 Å².